The first-order valence-corrected chi connectivity index (χ1v) is 21.3. The van der Waals surface area contributed by atoms with Crippen LogP contribution < -0.4 is 0 Å². The minimum absolute atomic E-state index is 0.0655. The summed E-state index contributed by atoms with van der Waals surface area (Å²) < 4.78 is 30.5. The summed E-state index contributed by atoms with van der Waals surface area (Å²) in [7, 11) is 1.77. The molecule has 0 bridgehead atoms. The van der Waals surface area contributed by atoms with E-state index in [0.29, 0.717) is 19.3 Å². The maximum absolute atomic E-state index is 14.7. The summed E-state index contributed by atoms with van der Waals surface area (Å²) in [6.07, 6.45) is -5.88. The van der Waals surface area contributed by atoms with Crippen molar-refractivity contribution in [2.24, 2.45) is 50.2 Å². The van der Waals surface area contributed by atoms with E-state index in [9.17, 15) is 45.6 Å². The van der Waals surface area contributed by atoms with Gasteiger partial charge in [0.1, 0.15) is 48.8 Å². The van der Waals surface area contributed by atoms with Crippen molar-refractivity contribution < 1.29 is 69.3 Å². The molecule has 19 atom stereocenters. The van der Waals surface area contributed by atoms with E-state index < -0.39 is 86.0 Å². The lowest BCUT2D eigenvalue weighted by molar-refractivity contribution is -0.331. The molecule has 8 N–H and O–H groups in total. The Kier molecular flexibility index (Phi) is 11.5. The van der Waals surface area contributed by atoms with Crippen LogP contribution in [0.5, 0.6) is 0 Å². The molecule has 57 heavy (non-hydrogen) atoms. The quantitative estimate of drug-likeness (QED) is 0.105. The van der Waals surface area contributed by atoms with Gasteiger partial charge in [0.15, 0.2) is 6.29 Å². The van der Waals surface area contributed by atoms with Gasteiger partial charge in [-0.05, 0) is 96.7 Å². The highest BCUT2D eigenvalue weighted by atomic mass is 16.7. The number of rotatable bonds is 7. The summed E-state index contributed by atoms with van der Waals surface area (Å²) in [5, 5.41) is 83.0. The van der Waals surface area contributed by atoms with Crippen molar-refractivity contribution in [2.75, 3.05) is 20.3 Å². The molecule has 4 saturated carbocycles. The first kappa shape index (κ1) is 43.8. The minimum atomic E-state index is -1.68. The second-order valence-corrected chi connectivity index (χ2v) is 21.0. The smallest absolute Gasteiger partial charge is 0.315 e. The van der Waals surface area contributed by atoms with E-state index in [-0.39, 0.29) is 57.0 Å². The van der Waals surface area contributed by atoms with Crippen LogP contribution in [-0.4, -0.2) is 141 Å². The van der Waals surface area contributed by atoms with Gasteiger partial charge in [-0.1, -0.05) is 60.1 Å². The van der Waals surface area contributed by atoms with Crippen LogP contribution in [0.25, 0.3) is 0 Å². The average molecular weight is 811 g/mol. The zero-order chi connectivity index (χ0) is 41.8. The molecule has 326 valence electrons. The van der Waals surface area contributed by atoms with Crippen molar-refractivity contribution in [1.29, 1.82) is 0 Å². The SMILES string of the molecule is COC1C=C2C3CC(C)(C)CCC3(C(=O)OC3OC(CO)C(O)C(O)C3O)CCC2(C)C2(C)CCC3C(C)(C)C(OC4OC(CO)C(O)C(O)C4O)CCC3(C)C12. The molecule has 0 radical (unpaired) electrons. The predicted octanol–water partition coefficient (Wildman–Crippen LogP) is 1.94. The number of carbonyl (C=O) groups is 1. The van der Waals surface area contributed by atoms with Crippen LogP contribution in [-0.2, 0) is 28.5 Å². The van der Waals surface area contributed by atoms with Gasteiger partial charge in [0.2, 0.25) is 6.29 Å². The third-order valence-corrected chi connectivity index (χ3v) is 17.4. The number of ether oxygens (including phenoxy) is 5. The average Bonchev–Trinajstić information content (AvgIpc) is 3.15. The number of hydrogen-bond donors (Lipinski definition) is 8. The predicted molar refractivity (Wildman–Crippen MR) is 204 cm³/mol. The second kappa shape index (κ2) is 15.0. The maximum Gasteiger partial charge on any atom is 0.315 e. The van der Waals surface area contributed by atoms with Gasteiger partial charge < -0.3 is 64.5 Å². The highest BCUT2D eigenvalue weighted by Gasteiger charge is 2.72. The molecule has 7 aliphatic rings. The van der Waals surface area contributed by atoms with Crippen LogP contribution in [0.2, 0.25) is 0 Å². The molecular formula is C43H70O14. The second-order valence-electron chi connectivity index (χ2n) is 21.0. The van der Waals surface area contributed by atoms with Crippen molar-refractivity contribution in [2.45, 2.75) is 180 Å². The van der Waals surface area contributed by atoms with Gasteiger partial charge in [0.25, 0.3) is 0 Å². The number of esters is 1. The lowest BCUT2D eigenvalue weighted by Crippen LogP contribution is -2.68. The van der Waals surface area contributed by atoms with Crippen LogP contribution in [0.15, 0.2) is 11.6 Å². The first-order valence-electron chi connectivity index (χ1n) is 21.3. The molecule has 2 heterocycles. The fourth-order valence-corrected chi connectivity index (χ4v) is 13.8. The van der Waals surface area contributed by atoms with Gasteiger partial charge in [-0.25, -0.2) is 0 Å². The summed E-state index contributed by atoms with van der Waals surface area (Å²) in [5.41, 5.74) is -0.856. The molecule has 7 rings (SSSR count). The highest BCUT2D eigenvalue weighted by Crippen LogP contribution is 2.76. The van der Waals surface area contributed by atoms with E-state index >= 15 is 0 Å². The standard InChI is InChI=1S/C43H70O14/c1-38(2)13-15-43(37(52)57-36-33(51)31(49)29(47)25(20-45)55-36)16-14-41(6)21(22(43)18-38)17-23(53-8)34-40(5)11-10-27(39(3,4)26(40)9-12-42(34,41)7)56-35-32(50)30(48)28(46)24(19-44)54-35/h17,22-36,44-51H,9-16,18-20H2,1-8H3. The molecule has 19 unspecified atom stereocenters. The lowest BCUT2D eigenvalue weighted by atomic mass is 9.33. The largest absolute Gasteiger partial charge is 0.432 e. The molecule has 0 spiro atoms. The topological polar surface area (TPSA) is 225 Å². The van der Waals surface area contributed by atoms with Crippen molar-refractivity contribution in [3.63, 3.8) is 0 Å². The number of allylic oxidation sites excluding steroid dienone is 1. The Balaban J connectivity index is 1.20. The third-order valence-electron chi connectivity index (χ3n) is 17.4. The van der Waals surface area contributed by atoms with E-state index in [0.717, 1.165) is 38.5 Å². The van der Waals surface area contributed by atoms with Gasteiger partial charge >= 0.3 is 5.97 Å². The molecule has 6 fully saturated rings. The normalized spacial score (nSPS) is 53.0. The minimum Gasteiger partial charge on any atom is -0.432 e. The number of carbonyl (C=O) groups excluding carboxylic acids is 1. The van der Waals surface area contributed by atoms with Crippen molar-refractivity contribution >= 4 is 5.97 Å². The fourth-order valence-electron chi connectivity index (χ4n) is 13.8. The third kappa shape index (κ3) is 6.52. The molecule has 0 aromatic heterocycles. The van der Waals surface area contributed by atoms with Gasteiger partial charge in [-0.15, -0.1) is 0 Å². The molecule has 0 amide bonds. The monoisotopic (exact) mass is 810 g/mol. The Morgan fingerprint density at radius 3 is 1.91 bits per heavy atom. The Hall–Kier alpha value is -1.27. The van der Waals surface area contributed by atoms with Gasteiger partial charge in [0.05, 0.1) is 30.8 Å². The molecule has 14 nitrogen and oxygen atoms in total. The number of methoxy groups -OCH3 is 1. The zero-order valence-corrected chi connectivity index (χ0v) is 35.0. The zero-order valence-electron chi connectivity index (χ0n) is 35.0. The Bertz CT molecular complexity index is 1530. The Morgan fingerprint density at radius 2 is 1.32 bits per heavy atom. The van der Waals surface area contributed by atoms with Gasteiger partial charge in [-0.2, -0.15) is 0 Å². The van der Waals surface area contributed by atoms with E-state index in [1.807, 2.05) is 0 Å². The van der Waals surface area contributed by atoms with Crippen LogP contribution >= 0.6 is 0 Å². The molecule has 0 aromatic carbocycles. The van der Waals surface area contributed by atoms with E-state index in [2.05, 4.69) is 54.5 Å². The maximum atomic E-state index is 14.7. The van der Waals surface area contributed by atoms with E-state index in [1.54, 1.807) is 7.11 Å². The summed E-state index contributed by atoms with van der Waals surface area (Å²) >= 11 is 0. The van der Waals surface area contributed by atoms with Crippen molar-refractivity contribution in [3.8, 4) is 0 Å². The van der Waals surface area contributed by atoms with Crippen molar-refractivity contribution in [1.82, 2.24) is 0 Å². The van der Waals surface area contributed by atoms with Gasteiger partial charge in [-0.3, -0.25) is 4.79 Å². The van der Waals surface area contributed by atoms with Crippen LogP contribution in [0.1, 0.15) is 106 Å². The number of hydrogen-bond acceptors (Lipinski definition) is 14. The summed E-state index contributed by atoms with van der Waals surface area (Å²) in [6, 6.07) is 0. The van der Waals surface area contributed by atoms with E-state index in [4.69, 9.17) is 23.7 Å². The molecular weight excluding hydrogens is 740 g/mol. The Labute approximate surface area is 336 Å². The fraction of sp³-hybridized carbons (Fsp3) is 0.930. The first-order chi connectivity index (χ1) is 26.6. The number of aliphatic hydroxyl groups is 8. The van der Waals surface area contributed by atoms with Crippen LogP contribution in [0, 0.1) is 50.2 Å². The molecule has 2 aliphatic heterocycles. The highest BCUT2D eigenvalue weighted by molar-refractivity contribution is 5.79. The summed E-state index contributed by atoms with van der Waals surface area (Å²) in [5.74, 6) is -0.378. The van der Waals surface area contributed by atoms with Crippen molar-refractivity contribution in [3.05, 3.63) is 11.6 Å². The van der Waals surface area contributed by atoms with Gasteiger partial charge in [0, 0.05) is 13.0 Å². The molecule has 0 aromatic rings. The van der Waals surface area contributed by atoms with Crippen LogP contribution in [0.4, 0.5) is 0 Å². The number of fused-ring (bicyclic) bond motifs is 7. The summed E-state index contributed by atoms with van der Waals surface area (Å²) in [6.45, 7) is 15.0. The summed E-state index contributed by atoms with van der Waals surface area (Å²) in [4.78, 5) is 14.7. The van der Waals surface area contributed by atoms with Crippen LogP contribution in [0.3, 0.4) is 0 Å². The Morgan fingerprint density at radius 1 is 0.737 bits per heavy atom. The molecule has 2 saturated heterocycles. The molecule has 14 heteroatoms. The van der Waals surface area contributed by atoms with E-state index in [1.165, 1.54) is 5.57 Å². The lowest BCUT2D eigenvalue weighted by Gasteiger charge is -2.72. The molecule has 5 aliphatic carbocycles. The number of aliphatic hydroxyl groups excluding tert-OH is 8.